The lowest BCUT2D eigenvalue weighted by molar-refractivity contribution is 0.399. The first-order valence-electron chi connectivity index (χ1n) is 4.89. The molecule has 0 amide bonds. The molecule has 0 saturated carbocycles. The van der Waals surface area contributed by atoms with Crippen LogP contribution >= 0.6 is 11.6 Å². The predicted octanol–water partition coefficient (Wildman–Crippen LogP) is 4.13. The van der Waals surface area contributed by atoms with Crippen LogP contribution in [-0.4, -0.2) is 10.2 Å². The average molecular weight is 313 g/mol. The Hall–Kier alpha value is -2.02. The van der Waals surface area contributed by atoms with Crippen molar-refractivity contribution in [3.8, 4) is 11.5 Å². The van der Waals surface area contributed by atoms with Gasteiger partial charge in [0.2, 0.25) is 5.82 Å². The molecule has 2 aromatic carbocycles. The molecule has 0 saturated heterocycles. The fourth-order valence-electron chi connectivity index (χ4n) is 1.08. The summed E-state index contributed by atoms with van der Waals surface area (Å²) >= 11 is 5.16. The highest BCUT2D eigenvalue weighted by Crippen LogP contribution is 2.26. The van der Waals surface area contributed by atoms with Gasteiger partial charge in [0, 0.05) is 24.3 Å². The van der Waals surface area contributed by atoms with Crippen LogP contribution in [-0.2, 0) is 0 Å². The number of phenols is 2. The molecule has 8 heteroatoms. The maximum Gasteiger partial charge on any atom is 0.200 e. The Kier molecular flexibility index (Phi) is 5.15. The van der Waals surface area contributed by atoms with Gasteiger partial charge >= 0.3 is 0 Å². The predicted molar refractivity (Wildman–Crippen MR) is 61.0 cm³/mol. The third kappa shape index (κ3) is 3.99. The summed E-state index contributed by atoms with van der Waals surface area (Å²) in [4.78, 5) is 0. The molecule has 0 radical (unpaired) electrons. The zero-order chi connectivity index (χ0) is 15.4. The molecule has 0 aliphatic heterocycles. The van der Waals surface area contributed by atoms with Gasteiger partial charge < -0.3 is 10.2 Å². The molecule has 0 aliphatic carbocycles. The summed E-state index contributed by atoms with van der Waals surface area (Å²) < 4.78 is 60.7. The van der Waals surface area contributed by atoms with E-state index in [2.05, 4.69) is 0 Å². The fraction of sp³-hybridized carbons (Fsp3) is 0. The highest BCUT2D eigenvalue weighted by Gasteiger charge is 2.08. The molecule has 0 aromatic heterocycles. The van der Waals surface area contributed by atoms with Gasteiger partial charge in [0.1, 0.15) is 28.2 Å². The Labute approximate surface area is 114 Å². The van der Waals surface area contributed by atoms with E-state index in [9.17, 15) is 22.0 Å². The smallest absolute Gasteiger partial charge is 0.200 e. The molecular weight excluding hydrogens is 307 g/mol. The van der Waals surface area contributed by atoms with E-state index in [1.54, 1.807) is 0 Å². The summed E-state index contributed by atoms with van der Waals surface area (Å²) in [5.74, 6) is -7.23. The van der Waals surface area contributed by atoms with E-state index in [-0.39, 0.29) is 0 Å². The van der Waals surface area contributed by atoms with Crippen LogP contribution in [0.25, 0.3) is 0 Å². The lowest BCUT2D eigenvalue weighted by atomic mass is 10.3. The van der Waals surface area contributed by atoms with Crippen molar-refractivity contribution in [2.24, 2.45) is 0 Å². The van der Waals surface area contributed by atoms with E-state index in [1.807, 2.05) is 0 Å². The lowest BCUT2D eigenvalue weighted by Crippen LogP contribution is -1.85. The van der Waals surface area contributed by atoms with Crippen LogP contribution in [0.1, 0.15) is 0 Å². The second kappa shape index (κ2) is 6.42. The van der Waals surface area contributed by atoms with Gasteiger partial charge in [0.05, 0.1) is 0 Å². The van der Waals surface area contributed by atoms with Gasteiger partial charge in [-0.25, -0.2) is 17.6 Å². The Morgan fingerprint density at radius 1 is 0.700 bits per heavy atom. The molecule has 2 nitrogen and oxygen atoms in total. The van der Waals surface area contributed by atoms with Crippen molar-refractivity contribution in [3.05, 3.63) is 58.4 Å². The number of aromatic hydroxyl groups is 2. The fourth-order valence-corrected chi connectivity index (χ4v) is 1.19. The van der Waals surface area contributed by atoms with Crippen molar-refractivity contribution in [1.82, 2.24) is 0 Å². The van der Waals surface area contributed by atoms with E-state index >= 15 is 0 Å². The Morgan fingerprint density at radius 3 is 1.60 bits per heavy atom. The standard InChI is InChI=1S/C6H3ClF2O.C6H3F3O/c7-6-4(9)1-3(8)2-5(6)10;7-3-1-4(8)6(9)5(10)2-3/h2*1-2,10H. The van der Waals surface area contributed by atoms with Crippen LogP contribution in [0.4, 0.5) is 22.0 Å². The number of hydrogen-bond acceptors (Lipinski definition) is 2. The first-order valence-corrected chi connectivity index (χ1v) is 5.27. The van der Waals surface area contributed by atoms with Gasteiger partial charge in [-0.1, -0.05) is 11.6 Å². The highest BCUT2D eigenvalue weighted by atomic mass is 35.5. The van der Waals surface area contributed by atoms with Crippen LogP contribution in [0.5, 0.6) is 11.5 Å². The minimum atomic E-state index is -1.43. The largest absolute Gasteiger partial charge is 0.506 e. The third-order valence-corrected chi connectivity index (χ3v) is 2.32. The van der Waals surface area contributed by atoms with E-state index < -0.39 is 45.6 Å². The summed E-state index contributed by atoms with van der Waals surface area (Å²) in [6.07, 6.45) is 0. The van der Waals surface area contributed by atoms with Gasteiger partial charge in [-0.2, -0.15) is 4.39 Å². The first-order chi connectivity index (χ1) is 9.22. The minimum Gasteiger partial charge on any atom is -0.506 e. The van der Waals surface area contributed by atoms with Crippen LogP contribution < -0.4 is 0 Å². The summed E-state index contributed by atoms with van der Waals surface area (Å²) in [5.41, 5.74) is 0. The molecule has 2 N–H and O–H groups in total. The number of hydrogen-bond donors (Lipinski definition) is 2. The molecule has 108 valence electrons. The molecule has 2 rings (SSSR count). The number of rotatable bonds is 0. The van der Waals surface area contributed by atoms with Crippen molar-refractivity contribution in [2.75, 3.05) is 0 Å². The molecule has 0 spiro atoms. The summed E-state index contributed by atoms with van der Waals surface area (Å²) in [6, 6.07) is 2.20. The second-order valence-corrected chi connectivity index (χ2v) is 3.82. The number of halogens is 6. The average Bonchev–Trinajstić information content (AvgIpc) is 2.33. The van der Waals surface area contributed by atoms with Crippen molar-refractivity contribution in [3.63, 3.8) is 0 Å². The molecule has 20 heavy (non-hydrogen) atoms. The maximum absolute atomic E-state index is 12.3. The molecule has 0 heterocycles. The Bertz CT molecular complexity index is 532. The molecule has 0 unspecified atom stereocenters. The minimum absolute atomic E-state index is 0.356. The summed E-state index contributed by atoms with van der Waals surface area (Å²) in [7, 11) is 0. The molecule has 0 atom stereocenters. The number of benzene rings is 2. The topological polar surface area (TPSA) is 40.5 Å². The van der Waals surface area contributed by atoms with Crippen molar-refractivity contribution >= 4 is 11.6 Å². The Morgan fingerprint density at radius 2 is 1.15 bits per heavy atom. The molecule has 0 aliphatic rings. The van der Waals surface area contributed by atoms with E-state index in [1.165, 1.54) is 0 Å². The van der Waals surface area contributed by atoms with Gasteiger partial charge in [-0.15, -0.1) is 0 Å². The van der Waals surface area contributed by atoms with E-state index in [4.69, 9.17) is 21.8 Å². The van der Waals surface area contributed by atoms with Gasteiger partial charge in [0.25, 0.3) is 0 Å². The third-order valence-electron chi connectivity index (χ3n) is 1.95. The zero-order valence-corrected chi connectivity index (χ0v) is 10.2. The van der Waals surface area contributed by atoms with Crippen LogP contribution in [0.2, 0.25) is 5.02 Å². The van der Waals surface area contributed by atoms with Crippen molar-refractivity contribution in [1.29, 1.82) is 0 Å². The zero-order valence-electron chi connectivity index (χ0n) is 9.47. The quantitative estimate of drug-likeness (QED) is 0.567. The molecule has 0 fully saturated rings. The van der Waals surface area contributed by atoms with Gasteiger partial charge in [-0.05, 0) is 0 Å². The van der Waals surface area contributed by atoms with E-state index in [0.717, 1.165) is 6.07 Å². The number of phenolic OH excluding ortho intramolecular Hbond substituents is 2. The van der Waals surface area contributed by atoms with Crippen LogP contribution in [0.3, 0.4) is 0 Å². The summed E-state index contributed by atoms with van der Waals surface area (Å²) in [6.45, 7) is 0. The monoisotopic (exact) mass is 312 g/mol. The molecule has 0 bridgehead atoms. The van der Waals surface area contributed by atoms with E-state index in [0.29, 0.717) is 18.2 Å². The first kappa shape index (κ1) is 16.0. The maximum atomic E-state index is 12.3. The van der Waals surface area contributed by atoms with Crippen molar-refractivity contribution < 1.29 is 32.2 Å². The Balaban J connectivity index is 0.000000200. The second-order valence-electron chi connectivity index (χ2n) is 3.44. The molecular formula is C12H6ClF5O2. The van der Waals surface area contributed by atoms with Crippen molar-refractivity contribution in [2.45, 2.75) is 0 Å². The van der Waals surface area contributed by atoms with Gasteiger partial charge in [-0.3, -0.25) is 0 Å². The lowest BCUT2D eigenvalue weighted by Gasteiger charge is -1.96. The molecule has 2 aromatic rings. The normalized spacial score (nSPS) is 9.90. The summed E-state index contributed by atoms with van der Waals surface area (Å²) in [5, 5.41) is 16.6. The van der Waals surface area contributed by atoms with Crippen LogP contribution in [0.15, 0.2) is 24.3 Å². The highest BCUT2D eigenvalue weighted by molar-refractivity contribution is 6.32. The van der Waals surface area contributed by atoms with Gasteiger partial charge in [0.15, 0.2) is 11.6 Å². The SMILES string of the molecule is Oc1cc(F)cc(F)c1Cl.Oc1cc(F)cc(F)c1F. The van der Waals surface area contributed by atoms with Crippen LogP contribution in [0, 0.1) is 29.1 Å².